The molecule has 4 heteroatoms. The zero-order valence-corrected chi connectivity index (χ0v) is 13.7. The van der Waals surface area contributed by atoms with Crippen LogP contribution in [0.2, 0.25) is 0 Å². The van der Waals surface area contributed by atoms with Crippen molar-refractivity contribution in [2.75, 3.05) is 0 Å². The minimum absolute atomic E-state index is 0.114. The van der Waals surface area contributed by atoms with Crippen molar-refractivity contribution in [3.63, 3.8) is 0 Å². The number of hydrogen-bond donors (Lipinski definition) is 0. The van der Waals surface area contributed by atoms with Crippen LogP contribution in [-0.2, 0) is 0 Å². The zero-order chi connectivity index (χ0) is 14.5. The second-order valence-electron chi connectivity index (χ2n) is 4.26. The predicted octanol–water partition coefficient (Wildman–Crippen LogP) is 4.28. The van der Waals surface area contributed by atoms with E-state index in [2.05, 4.69) is 31.9 Å². The maximum absolute atomic E-state index is 12.3. The summed E-state index contributed by atoms with van der Waals surface area (Å²) in [6, 6.07) is 17.9. The molecule has 0 N–H and O–H groups in total. The Morgan fingerprint density at radius 2 is 0.950 bits per heavy atom. The molecule has 2 rings (SSSR count). The van der Waals surface area contributed by atoms with E-state index in [0.717, 1.165) is 0 Å². The number of carbonyl (C=O) groups is 2. The number of benzene rings is 2. The molecule has 0 aliphatic heterocycles. The minimum Gasteiger partial charge on any atom is -0.293 e. The molecule has 2 aromatic rings. The summed E-state index contributed by atoms with van der Waals surface area (Å²) in [5.74, 6) is -0.228. The number of Topliss-reactive ketones (excluding diaryl/α,β-unsaturated/α-hetero) is 2. The van der Waals surface area contributed by atoms with Crippen LogP contribution >= 0.6 is 31.9 Å². The van der Waals surface area contributed by atoms with Crippen molar-refractivity contribution < 1.29 is 9.59 Å². The fourth-order valence-corrected chi connectivity index (χ4v) is 2.80. The molecule has 0 radical (unpaired) electrons. The molecule has 0 saturated heterocycles. The van der Waals surface area contributed by atoms with Gasteiger partial charge in [0.2, 0.25) is 0 Å². The number of hydrogen-bond acceptors (Lipinski definition) is 2. The first-order valence-electron chi connectivity index (χ1n) is 6.08. The zero-order valence-electron chi connectivity index (χ0n) is 10.5. The van der Waals surface area contributed by atoms with Crippen molar-refractivity contribution in [2.24, 2.45) is 0 Å². The molecular formula is C16H12Br2O2. The molecule has 2 nitrogen and oxygen atoms in total. The highest BCUT2D eigenvalue weighted by Crippen LogP contribution is 2.23. The average molecular weight is 396 g/mol. The lowest BCUT2D eigenvalue weighted by atomic mass is 10.0. The molecule has 0 amide bonds. The Labute approximate surface area is 134 Å². The molecule has 0 spiro atoms. The molecular weight excluding hydrogens is 384 g/mol. The Morgan fingerprint density at radius 1 is 0.650 bits per heavy atom. The van der Waals surface area contributed by atoms with E-state index in [1.54, 1.807) is 48.5 Å². The van der Waals surface area contributed by atoms with Gasteiger partial charge in [-0.05, 0) is 0 Å². The van der Waals surface area contributed by atoms with E-state index >= 15 is 0 Å². The second kappa shape index (κ2) is 6.95. The van der Waals surface area contributed by atoms with Crippen molar-refractivity contribution in [1.82, 2.24) is 0 Å². The number of ketones is 2. The van der Waals surface area contributed by atoms with Gasteiger partial charge < -0.3 is 0 Å². The van der Waals surface area contributed by atoms with E-state index in [4.69, 9.17) is 0 Å². The maximum Gasteiger partial charge on any atom is 0.178 e. The maximum atomic E-state index is 12.3. The van der Waals surface area contributed by atoms with E-state index in [1.165, 1.54) is 0 Å². The quantitative estimate of drug-likeness (QED) is 0.559. The first kappa shape index (κ1) is 15.1. The number of rotatable bonds is 5. The molecule has 0 aliphatic carbocycles. The van der Waals surface area contributed by atoms with Crippen molar-refractivity contribution >= 4 is 43.4 Å². The molecule has 0 bridgehead atoms. The van der Waals surface area contributed by atoms with Gasteiger partial charge in [0.25, 0.3) is 0 Å². The average Bonchev–Trinajstić information content (AvgIpc) is 2.53. The first-order chi connectivity index (χ1) is 9.61. The molecule has 0 saturated carbocycles. The third-order valence-corrected chi connectivity index (χ3v) is 5.47. The standard InChI is InChI=1S/C16H12Br2O2/c17-13(15(19)11-7-3-1-4-8-11)14(18)16(20)12-9-5-2-6-10-12/h1-10,13-14H. The van der Waals surface area contributed by atoms with E-state index in [0.29, 0.717) is 11.1 Å². The topological polar surface area (TPSA) is 34.1 Å². The van der Waals surface area contributed by atoms with Crippen LogP contribution in [0.1, 0.15) is 20.7 Å². The Balaban J connectivity index is 2.15. The lowest BCUT2D eigenvalue weighted by molar-refractivity contribution is 0.0934. The Bertz CT molecular complexity index is 541. The van der Waals surface area contributed by atoms with Gasteiger partial charge >= 0.3 is 0 Å². The first-order valence-corrected chi connectivity index (χ1v) is 7.91. The predicted molar refractivity (Wildman–Crippen MR) is 87.0 cm³/mol. The Kier molecular flexibility index (Phi) is 5.26. The smallest absolute Gasteiger partial charge is 0.178 e. The van der Waals surface area contributed by atoms with Crippen LogP contribution in [0.3, 0.4) is 0 Å². The summed E-state index contributed by atoms with van der Waals surface area (Å²) >= 11 is 6.65. The molecule has 0 aliphatic rings. The number of alkyl halides is 2. The third-order valence-electron chi connectivity index (χ3n) is 2.87. The van der Waals surface area contributed by atoms with Crippen LogP contribution in [0, 0.1) is 0 Å². The molecule has 0 heterocycles. The summed E-state index contributed by atoms with van der Waals surface area (Å²) < 4.78 is 0. The largest absolute Gasteiger partial charge is 0.293 e. The minimum atomic E-state index is -0.599. The van der Waals surface area contributed by atoms with E-state index in [1.807, 2.05) is 12.1 Å². The molecule has 2 unspecified atom stereocenters. The fraction of sp³-hybridized carbons (Fsp3) is 0.125. The summed E-state index contributed by atoms with van der Waals surface area (Å²) in [5.41, 5.74) is 1.17. The van der Waals surface area contributed by atoms with Gasteiger partial charge in [-0.1, -0.05) is 92.5 Å². The number of carbonyl (C=O) groups excluding carboxylic acids is 2. The van der Waals surface area contributed by atoms with Crippen LogP contribution in [0.5, 0.6) is 0 Å². The van der Waals surface area contributed by atoms with Crippen LogP contribution in [0.25, 0.3) is 0 Å². The Morgan fingerprint density at radius 3 is 1.25 bits per heavy atom. The number of halogens is 2. The van der Waals surface area contributed by atoms with Gasteiger partial charge in [0, 0.05) is 11.1 Å². The van der Waals surface area contributed by atoms with Gasteiger partial charge in [-0.3, -0.25) is 9.59 Å². The summed E-state index contributed by atoms with van der Waals surface area (Å²) in [7, 11) is 0. The van der Waals surface area contributed by atoms with Gasteiger partial charge in [-0.25, -0.2) is 0 Å². The van der Waals surface area contributed by atoms with E-state index in [-0.39, 0.29) is 11.6 Å². The molecule has 2 aromatic carbocycles. The highest BCUT2D eigenvalue weighted by atomic mass is 79.9. The van der Waals surface area contributed by atoms with Crippen LogP contribution in [0.15, 0.2) is 60.7 Å². The molecule has 0 fully saturated rings. The van der Waals surface area contributed by atoms with Gasteiger partial charge in [-0.2, -0.15) is 0 Å². The van der Waals surface area contributed by atoms with Crippen molar-refractivity contribution in [3.05, 3.63) is 71.8 Å². The summed E-state index contributed by atoms with van der Waals surface area (Å²) in [6.45, 7) is 0. The van der Waals surface area contributed by atoms with Crippen molar-refractivity contribution in [1.29, 1.82) is 0 Å². The third kappa shape index (κ3) is 3.44. The molecule has 2 atom stereocenters. The summed E-state index contributed by atoms with van der Waals surface area (Å²) in [4.78, 5) is 23.4. The van der Waals surface area contributed by atoms with Gasteiger partial charge in [0.05, 0.1) is 9.65 Å². The normalized spacial score (nSPS) is 13.5. The molecule has 20 heavy (non-hydrogen) atoms. The lowest BCUT2D eigenvalue weighted by Gasteiger charge is -2.15. The van der Waals surface area contributed by atoms with Gasteiger partial charge in [0.15, 0.2) is 11.6 Å². The highest BCUT2D eigenvalue weighted by Gasteiger charge is 2.30. The van der Waals surface area contributed by atoms with Crippen molar-refractivity contribution in [3.8, 4) is 0 Å². The monoisotopic (exact) mass is 394 g/mol. The Hall–Kier alpha value is -1.26. The molecule has 102 valence electrons. The van der Waals surface area contributed by atoms with Crippen LogP contribution in [0.4, 0.5) is 0 Å². The van der Waals surface area contributed by atoms with Gasteiger partial charge in [0.1, 0.15) is 0 Å². The van der Waals surface area contributed by atoms with Gasteiger partial charge in [-0.15, -0.1) is 0 Å². The SMILES string of the molecule is O=C(c1ccccc1)C(Br)C(Br)C(=O)c1ccccc1. The van der Waals surface area contributed by atoms with Crippen LogP contribution in [-0.4, -0.2) is 21.2 Å². The van der Waals surface area contributed by atoms with Crippen molar-refractivity contribution in [2.45, 2.75) is 9.65 Å². The summed E-state index contributed by atoms with van der Waals surface area (Å²) in [6.07, 6.45) is 0. The molecule has 0 aromatic heterocycles. The van der Waals surface area contributed by atoms with E-state index in [9.17, 15) is 9.59 Å². The fourth-order valence-electron chi connectivity index (χ4n) is 1.79. The lowest BCUT2D eigenvalue weighted by Crippen LogP contribution is -2.31. The second-order valence-corrected chi connectivity index (χ2v) is 6.24. The van der Waals surface area contributed by atoms with Crippen LogP contribution < -0.4 is 0 Å². The summed E-state index contributed by atoms with van der Waals surface area (Å²) in [5, 5.41) is 0. The van der Waals surface area contributed by atoms with E-state index < -0.39 is 9.65 Å². The highest BCUT2D eigenvalue weighted by molar-refractivity contribution is 9.12.